The predicted octanol–water partition coefficient (Wildman–Crippen LogP) is 7.25. The van der Waals surface area contributed by atoms with Gasteiger partial charge >= 0.3 is 0 Å². The first-order chi connectivity index (χ1) is 17.5. The third-order valence-electron chi connectivity index (χ3n) is 5.51. The molecular weight excluding hydrogens is 486 g/mol. The Hall–Kier alpha value is -3.94. The average molecular weight is 510 g/mol. The Morgan fingerprint density at radius 2 is 1.56 bits per heavy atom. The molecule has 0 spiro atoms. The molecule has 5 nitrogen and oxygen atoms in total. The summed E-state index contributed by atoms with van der Waals surface area (Å²) in [6.45, 7) is 1.96. The summed E-state index contributed by atoms with van der Waals surface area (Å²) in [5.41, 5.74) is 6.22. The highest BCUT2D eigenvalue weighted by atomic mass is 32.2. The van der Waals surface area contributed by atoms with Gasteiger partial charge in [-0.3, -0.25) is 9.59 Å². The van der Waals surface area contributed by atoms with Gasteiger partial charge in [-0.1, -0.05) is 71.9 Å². The number of aryl methyl sites for hydroxylation is 1. The second-order valence-corrected chi connectivity index (χ2v) is 10.5. The van der Waals surface area contributed by atoms with Crippen molar-refractivity contribution in [3.63, 3.8) is 0 Å². The van der Waals surface area contributed by atoms with Crippen LogP contribution in [-0.2, 0) is 4.79 Å². The molecule has 36 heavy (non-hydrogen) atoms. The highest BCUT2D eigenvalue weighted by Crippen LogP contribution is 2.31. The molecule has 5 rings (SSSR count). The molecule has 0 aliphatic heterocycles. The Balaban J connectivity index is 1.18. The Bertz CT molecular complexity index is 1530. The molecule has 0 radical (unpaired) electrons. The number of aromatic nitrogens is 1. The lowest BCUT2D eigenvalue weighted by atomic mass is 10.1. The van der Waals surface area contributed by atoms with Crippen LogP contribution in [0.1, 0.15) is 15.9 Å². The standard InChI is InChI=1S/C29H23N3O2S2/c1-19-6-5-9-22(16-19)28(34)31-24-14-15-25-26(17-24)36-29(32-25)35-18-27(33)30-23-12-10-21(11-13-23)20-7-3-2-4-8-20/h2-17H,18H2,1H3,(H,30,33)(H,31,34). The minimum atomic E-state index is -0.148. The molecule has 0 saturated carbocycles. The van der Waals surface area contributed by atoms with Gasteiger partial charge in [0.1, 0.15) is 0 Å². The van der Waals surface area contributed by atoms with Crippen LogP contribution in [0, 0.1) is 6.92 Å². The van der Waals surface area contributed by atoms with Gasteiger partial charge in [-0.25, -0.2) is 4.98 Å². The Morgan fingerprint density at radius 1 is 0.806 bits per heavy atom. The number of carbonyl (C=O) groups excluding carboxylic acids is 2. The molecule has 7 heteroatoms. The molecule has 5 aromatic rings. The monoisotopic (exact) mass is 509 g/mol. The SMILES string of the molecule is Cc1cccc(C(=O)Nc2ccc3nc(SCC(=O)Nc4ccc(-c5ccccc5)cc4)sc3c2)c1. The number of amides is 2. The predicted molar refractivity (Wildman–Crippen MR) is 150 cm³/mol. The second-order valence-electron chi connectivity index (χ2n) is 8.27. The molecular formula is C29H23N3O2S2. The van der Waals surface area contributed by atoms with E-state index in [1.807, 2.05) is 85.8 Å². The molecule has 0 aliphatic rings. The van der Waals surface area contributed by atoms with Gasteiger partial charge in [0.05, 0.1) is 16.0 Å². The number of nitrogens with zero attached hydrogens (tertiary/aromatic N) is 1. The molecule has 178 valence electrons. The number of benzene rings is 4. The van der Waals surface area contributed by atoms with Crippen molar-refractivity contribution in [3.05, 3.63) is 108 Å². The first-order valence-electron chi connectivity index (χ1n) is 11.4. The normalized spacial score (nSPS) is 10.8. The Morgan fingerprint density at radius 3 is 2.33 bits per heavy atom. The lowest BCUT2D eigenvalue weighted by Crippen LogP contribution is -2.13. The average Bonchev–Trinajstić information content (AvgIpc) is 3.31. The molecule has 0 atom stereocenters. The van der Waals surface area contributed by atoms with E-state index >= 15 is 0 Å². The van der Waals surface area contributed by atoms with Gasteiger partial charge in [0.25, 0.3) is 5.91 Å². The van der Waals surface area contributed by atoms with Crippen LogP contribution < -0.4 is 10.6 Å². The van der Waals surface area contributed by atoms with E-state index in [0.29, 0.717) is 11.3 Å². The molecule has 0 saturated heterocycles. The van der Waals surface area contributed by atoms with Crippen LogP contribution in [0.3, 0.4) is 0 Å². The molecule has 0 fully saturated rings. The van der Waals surface area contributed by atoms with Gasteiger partial charge in [0.15, 0.2) is 4.34 Å². The maximum Gasteiger partial charge on any atom is 0.255 e. The second kappa shape index (κ2) is 10.8. The quantitative estimate of drug-likeness (QED) is 0.227. The van der Waals surface area contributed by atoms with Crippen LogP contribution in [0.25, 0.3) is 21.3 Å². The largest absolute Gasteiger partial charge is 0.325 e. The van der Waals surface area contributed by atoms with Crippen molar-refractivity contribution in [2.45, 2.75) is 11.3 Å². The van der Waals surface area contributed by atoms with Crippen LogP contribution >= 0.6 is 23.1 Å². The maximum absolute atomic E-state index is 12.6. The number of carbonyl (C=O) groups is 2. The van der Waals surface area contributed by atoms with Gasteiger partial charge in [0, 0.05) is 16.9 Å². The first kappa shape index (κ1) is 23.8. The van der Waals surface area contributed by atoms with E-state index in [2.05, 4.69) is 27.8 Å². The van der Waals surface area contributed by atoms with Crippen molar-refractivity contribution in [1.82, 2.24) is 4.98 Å². The summed E-state index contributed by atoms with van der Waals surface area (Å²) in [4.78, 5) is 29.7. The fourth-order valence-electron chi connectivity index (χ4n) is 3.73. The van der Waals surface area contributed by atoms with Gasteiger partial charge in [-0.05, 0) is 60.5 Å². The minimum absolute atomic E-state index is 0.0853. The van der Waals surface area contributed by atoms with E-state index in [4.69, 9.17) is 0 Å². The van der Waals surface area contributed by atoms with Crippen molar-refractivity contribution in [3.8, 4) is 11.1 Å². The number of thiazole rings is 1. The van der Waals surface area contributed by atoms with Crippen molar-refractivity contribution in [1.29, 1.82) is 0 Å². The summed E-state index contributed by atoms with van der Waals surface area (Å²) in [5, 5.41) is 5.89. The zero-order valence-electron chi connectivity index (χ0n) is 19.5. The van der Waals surface area contributed by atoms with E-state index in [1.54, 1.807) is 6.07 Å². The zero-order chi connectivity index (χ0) is 24.9. The highest BCUT2D eigenvalue weighted by molar-refractivity contribution is 8.01. The van der Waals surface area contributed by atoms with Gasteiger partial charge in [-0.2, -0.15) is 0 Å². The Labute approximate surface area is 217 Å². The van der Waals surface area contributed by atoms with Crippen LogP contribution in [0.15, 0.2) is 101 Å². The van der Waals surface area contributed by atoms with E-state index in [1.165, 1.54) is 23.1 Å². The lowest BCUT2D eigenvalue weighted by Gasteiger charge is -2.06. The molecule has 2 N–H and O–H groups in total. The van der Waals surface area contributed by atoms with Crippen LogP contribution in [-0.4, -0.2) is 22.6 Å². The number of thioether (sulfide) groups is 1. The fourth-order valence-corrected chi connectivity index (χ4v) is 5.64. The van der Waals surface area contributed by atoms with E-state index in [-0.39, 0.29) is 17.6 Å². The molecule has 0 unspecified atom stereocenters. The molecule has 1 heterocycles. The van der Waals surface area contributed by atoms with Gasteiger partial charge in [-0.15, -0.1) is 11.3 Å². The fraction of sp³-hybridized carbons (Fsp3) is 0.0690. The third kappa shape index (κ3) is 5.82. The van der Waals surface area contributed by atoms with Crippen molar-refractivity contribution >= 4 is 56.5 Å². The van der Waals surface area contributed by atoms with Gasteiger partial charge < -0.3 is 10.6 Å². The van der Waals surface area contributed by atoms with Crippen LogP contribution in [0.2, 0.25) is 0 Å². The molecule has 4 aromatic carbocycles. The molecule has 1 aromatic heterocycles. The molecule has 0 bridgehead atoms. The number of rotatable bonds is 7. The van der Waals surface area contributed by atoms with Crippen molar-refractivity contribution in [2.75, 3.05) is 16.4 Å². The van der Waals surface area contributed by atoms with Crippen LogP contribution in [0.5, 0.6) is 0 Å². The number of hydrogen-bond acceptors (Lipinski definition) is 5. The highest BCUT2D eigenvalue weighted by Gasteiger charge is 2.11. The van der Waals surface area contributed by atoms with Crippen LogP contribution in [0.4, 0.5) is 11.4 Å². The summed E-state index contributed by atoms with van der Waals surface area (Å²) in [6.07, 6.45) is 0. The smallest absolute Gasteiger partial charge is 0.255 e. The zero-order valence-corrected chi connectivity index (χ0v) is 21.2. The van der Waals surface area contributed by atoms with Crippen molar-refractivity contribution < 1.29 is 9.59 Å². The summed E-state index contributed by atoms with van der Waals surface area (Å²) in [6, 6.07) is 31.1. The number of nitrogens with one attached hydrogen (secondary N) is 2. The molecule has 0 aliphatic carbocycles. The summed E-state index contributed by atoms with van der Waals surface area (Å²) in [5.74, 6) is 0.0282. The summed E-state index contributed by atoms with van der Waals surface area (Å²) >= 11 is 2.90. The maximum atomic E-state index is 12.6. The first-order valence-corrected chi connectivity index (χ1v) is 13.2. The van der Waals surface area contributed by atoms with Crippen molar-refractivity contribution in [2.24, 2.45) is 0 Å². The molecule has 2 amide bonds. The number of hydrogen-bond donors (Lipinski definition) is 2. The Kier molecular flexibility index (Phi) is 7.11. The van der Waals surface area contributed by atoms with E-state index in [9.17, 15) is 9.59 Å². The topological polar surface area (TPSA) is 71.1 Å². The lowest BCUT2D eigenvalue weighted by molar-refractivity contribution is -0.113. The number of anilines is 2. The van der Waals surface area contributed by atoms with E-state index in [0.717, 1.165) is 36.9 Å². The minimum Gasteiger partial charge on any atom is -0.325 e. The van der Waals surface area contributed by atoms with Gasteiger partial charge in [0.2, 0.25) is 5.91 Å². The summed E-state index contributed by atoms with van der Waals surface area (Å²) in [7, 11) is 0. The number of fused-ring (bicyclic) bond motifs is 1. The summed E-state index contributed by atoms with van der Waals surface area (Å²) < 4.78 is 1.76. The third-order valence-corrected chi connectivity index (χ3v) is 7.67. The van der Waals surface area contributed by atoms with E-state index < -0.39 is 0 Å².